The average Bonchev–Trinajstić information content (AvgIpc) is 3.20. The zero-order valence-electron chi connectivity index (χ0n) is 18.6. The van der Waals surface area contributed by atoms with Crippen LogP contribution in [0.4, 0.5) is 5.82 Å². The van der Waals surface area contributed by atoms with Gasteiger partial charge in [-0.3, -0.25) is 4.57 Å². The van der Waals surface area contributed by atoms with Crippen molar-refractivity contribution in [1.29, 1.82) is 0 Å². The maximum Gasteiger partial charge on any atom is 0.236 e. The quantitative estimate of drug-likeness (QED) is 0.435. The second-order valence-corrected chi connectivity index (χ2v) is 10.3. The van der Waals surface area contributed by atoms with E-state index in [9.17, 15) is 8.42 Å². The lowest BCUT2D eigenvalue weighted by molar-refractivity contribution is 0.586. The summed E-state index contributed by atoms with van der Waals surface area (Å²) in [5.74, 6) is 1.43. The van der Waals surface area contributed by atoms with Crippen molar-refractivity contribution in [1.82, 2.24) is 19.3 Å². The number of rotatable bonds is 7. The second kappa shape index (κ2) is 8.96. The van der Waals surface area contributed by atoms with Gasteiger partial charge in [0.2, 0.25) is 16.0 Å². The van der Waals surface area contributed by atoms with E-state index in [0.717, 1.165) is 53.8 Å². The van der Waals surface area contributed by atoms with Gasteiger partial charge in [-0.1, -0.05) is 48.5 Å². The number of aryl methyl sites for hydroxylation is 1. The van der Waals surface area contributed by atoms with Crippen molar-refractivity contribution in [2.45, 2.75) is 38.8 Å². The molecule has 0 radical (unpaired) electrons. The molecule has 0 amide bonds. The Morgan fingerprint density at radius 3 is 2.52 bits per heavy atom. The standard InChI is InChI=1S/C25H27N5O2S/c1-33(31,32)27-17-20-15-19-11-5-8-14-23(19)30(20)25-28-22-13-7-6-12-21(22)24(29-25)26-16-18-9-3-2-4-10-18/h2-5,8-11,14-15,27H,6-7,12-13,16-17H2,1H3,(H,26,28,29). The minimum Gasteiger partial charge on any atom is -0.366 e. The molecule has 4 aromatic rings. The molecule has 0 aliphatic heterocycles. The molecule has 7 nitrogen and oxygen atoms in total. The summed E-state index contributed by atoms with van der Waals surface area (Å²) in [7, 11) is -3.34. The van der Waals surface area contributed by atoms with Gasteiger partial charge in [-0.05, 0) is 43.4 Å². The second-order valence-electron chi connectivity index (χ2n) is 8.47. The van der Waals surface area contributed by atoms with Gasteiger partial charge in [-0.2, -0.15) is 4.98 Å². The fraction of sp³-hybridized carbons (Fsp3) is 0.280. The Kier molecular flexibility index (Phi) is 5.86. The van der Waals surface area contributed by atoms with Crippen LogP contribution in [0, 0.1) is 0 Å². The van der Waals surface area contributed by atoms with Gasteiger partial charge in [-0.25, -0.2) is 18.1 Å². The van der Waals surface area contributed by atoms with Crippen LogP contribution in [0.25, 0.3) is 16.9 Å². The molecule has 0 spiro atoms. The first-order chi connectivity index (χ1) is 16.0. The van der Waals surface area contributed by atoms with Crippen molar-refractivity contribution in [3.63, 3.8) is 0 Å². The number of hydrogen-bond donors (Lipinski definition) is 2. The largest absolute Gasteiger partial charge is 0.366 e. The highest BCUT2D eigenvalue weighted by atomic mass is 32.2. The van der Waals surface area contributed by atoms with Crippen LogP contribution < -0.4 is 10.0 Å². The van der Waals surface area contributed by atoms with E-state index in [1.807, 2.05) is 53.1 Å². The predicted molar refractivity (Wildman–Crippen MR) is 131 cm³/mol. The molecule has 8 heteroatoms. The number of hydrogen-bond acceptors (Lipinski definition) is 5. The van der Waals surface area contributed by atoms with Crippen molar-refractivity contribution >= 4 is 26.7 Å². The number of benzene rings is 2. The average molecular weight is 462 g/mol. The molecule has 2 aromatic heterocycles. The van der Waals surface area contributed by atoms with E-state index in [2.05, 4.69) is 22.2 Å². The number of anilines is 1. The smallest absolute Gasteiger partial charge is 0.236 e. The molecule has 1 aliphatic carbocycles. The zero-order valence-corrected chi connectivity index (χ0v) is 19.4. The molecule has 0 atom stereocenters. The van der Waals surface area contributed by atoms with Crippen LogP contribution in [0.2, 0.25) is 0 Å². The minimum absolute atomic E-state index is 0.167. The van der Waals surface area contributed by atoms with Gasteiger partial charge in [0.15, 0.2) is 0 Å². The summed E-state index contributed by atoms with van der Waals surface area (Å²) in [6.45, 7) is 0.847. The number of sulfonamides is 1. The van der Waals surface area contributed by atoms with Crippen LogP contribution >= 0.6 is 0 Å². The van der Waals surface area contributed by atoms with E-state index < -0.39 is 10.0 Å². The summed E-state index contributed by atoms with van der Waals surface area (Å²) in [4.78, 5) is 9.92. The van der Waals surface area contributed by atoms with Gasteiger partial charge >= 0.3 is 0 Å². The van der Waals surface area contributed by atoms with Gasteiger partial charge in [0.25, 0.3) is 0 Å². The Morgan fingerprint density at radius 2 is 1.70 bits per heavy atom. The van der Waals surface area contributed by atoms with E-state index in [1.54, 1.807) is 0 Å². The highest BCUT2D eigenvalue weighted by molar-refractivity contribution is 7.88. The monoisotopic (exact) mass is 461 g/mol. The van der Waals surface area contributed by atoms with Crippen LogP contribution in [0.3, 0.4) is 0 Å². The van der Waals surface area contributed by atoms with Gasteiger partial charge in [-0.15, -0.1) is 0 Å². The number of aromatic nitrogens is 3. The summed E-state index contributed by atoms with van der Waals surface area (Å²) in [5.41, 5.74) is 5.19. The fourth-order valence-electron chi connectivity index (χ4n) is 4.39. The SMILES string of the molecule is CS(=O)(=O)NCc1cc2ccccc2n1-c1nc2c(c(NCc3ccccc3)n1)CCCC2. The molecule has 2 N–H and O–H groups in total. The van der Waals surface area contributed by atoms with E-state index in [1.165, 1.54) is 17.4 Å². The molecule has 170 valence electrons. The molecule has 0 bridgehead atoms. The number of para-hydroxylation sites is 1. The lowest BCUT2D eigenvalue weighted by Gasteiger charge is -2.21. The van der Waals surface area contributed by atoms with Crippen molar-refractivity contribution < 1.29 is 8.42 Å². The molecule has 2 heterocycles. The molecular weight excluding hydrogens is 434 g/mol. The topological polar surface area (TPSA) is 88.9 Å². The maximum atomic E-state index is 11.8. The Labute approximate surface area is 193 Å². The van der Waals surface area contributed by atoms with Gasteiger partial charge < -0.3 is 5.32 Å². The highest BCUT2D eigenvalue weighted by Gasteiger charge is 2.21. The molecule has 0 unspecified atom stereocenters. The minimum atomic E-state index is -3.34. The number of fused-ring (bicyclic) bond motifs is 2. The molecule has 0 saturated carbocycles. The van der Waals surface area contributed by atoms with Crippen LogP contribution in [0.1, 0.15) is 35.4 Å². The van der Waals surface area contributed by atoms with Crippen molar-refractivity contribution in [3.8, 4) is 5.95 Å². The molecule has 5 rings (SSSR count). The van der Waals surface area contributed by atoms with E-state index in [4.69, 9.17) is 9.97 Å². The van der Waals surface area contributed by atoms with Crippen molar-refractivity contribution in [2.24, 2.45) is 0 Å². The first-order valence-corrected chi connectivity index (χ1v) is 13.1. The molecular formula is C25H27N5O2S. The Morgan fingerprint density at radius 1 is 0.939 bits per heavy atom. The lowest BCUT2D eigenvalue weighted by atomic mass is 9.96. The third-order valence-electron chi connectivity index (χ3n) is 5.98. The Hall–Kier alpha value is -3.23. The summed E-state index contributed by atoms with van der Waals surface area (Å²) in [6, 6.07) is 20.2. The van der Waals surface area contributed by atoms with Crippen LogP contribution in [-0.2, 0) is 36.0 Å². The van der Waals surface area contributed by atoms with Crippen LogP contribution in [-0.4, -0.2) is 29.2 Å². The first-order valence-electron chi connectivity index (χ1n) is 11.2. The number of nitrogens with zero attached hydrogens (tertiary/aromatic N) is 3. The van der Waals surface area contributed by atoms with Gasteiger partial charge in [0.05, 0.1) is 24.0 Å². The summed E-state index contributed by atoms with van der Waals surface area (Å²) < 4.78 is 28.1. The van der Waals surface area contributed by atoms with E-state index in [0.29, 0.717) is 12.5 Å². The normalized spacial score (nSPS) is 13.7. The first kappa shape index (κ1) is 21.6. The number of nitrogens with one attached hydrogen (secondary N) is 2. The summed E-state index contributed by atoms with van der Waals surface area (Å²) in [5, 5.41) is 4.56. The van der Waals surface area contributed by atoms with Crippen LogP contribution in [0.15, 0.2) is 60.7 Å². The summed E-state index contributed by atoms with van der Waals surface area (Å²) in [6.07, 6.45) is 5.28. The molecule has 0 saturated heterocycles. The highest BCUT2D eigenvalue weighted by Crippen LogP contribution is 2.29. The van der Waals surface area contributed by atoms with Gasteiger partial charge in [0.1, 0.15) is 5.82 Å². The third kappa shape index (κ3) is 4.77. The zero-order chi connectivity index (χ0) is 22.8. The Balaban J connectivity index is 1.60. The molecule has 33 heavy (non-hydrogen) atoms. The van der Waals surface area contributed by atoms with E-state index in [-0.39, 0.29) is 6.54 Å². The van der Waals surface area contributed by atoms with Crippen molar-refractivity contribution in [2.75, 3.05) is 11.6 Å². The lowest BCUT2D eigenvalue weighted by Crippen LogP contribution is -2.23. The van der Waals surface area contributed by atoms with Crippen LogP contribution in [0.5, 0.6) is 0 Å². The predicted octanol–water partition coefficient (Wildman–Crippen LogP) is 3.96. The molecule has 1 aliphatic rings. The van der Waals surface area contributed by atoms with E-state index >= 15 is 0 Å². The van der Waals surface area contributed by atoms with Gasteiger partial charge in [0, 0.05) is 23.2 Å². The third-order valence-corrected chi connectivity index (χ3v) is 6.65. The molecule has 0 fully saturated rings. The maximum absolute atomic E-state index is 11.8. The van der Waals surface area contributed by atoms with Crippen molar-refractivity contribution in [3.05, 3.63) is 83.2 Å². The summed E-state index contributed by atoms with van der Waals surface area (Å²) >= 11 is 0. The molecule has 2 aromatic carbocycles. The Bertz CT molecular complexity index is 1400. The fourth-order valence-corrected chi connectivity index (χ4v) is 4.80.